The van der Waals surface area contributed by atoms with Gasteiger partial charge >= 0.3 is 0 Å². The summed E-state index contributed by atoms with van der Waals surface area (Å²) in [5.74, 6) is 1.49. The zero-order chi connectivity index (χ0) is 28.7. The summed E-state index contributed by atoms with van der Waals surface area (Å²) in [6.45, 7) is 9.74. The van der Waals surface area contributed by atoms with Crippen LogP contribution in [0.1, 0.15) is 44.1 Å². The topological polar surface area (TPSA) is 25.8 Å². The van der Waals surface area contributed by atoms with Gasteiger partial charge in [0.1, 0.15) is 0 Å². The molecule has 0 amide bonds. The Kier molecular flexibility index (Phi) is 11.2. The summed E-state index contributed by atoms with van der Waals surface area (Å²) in [4.78, 5) is 9.28. The summed E-state index contributed by atoms with van der Waals surface area (Å²) in [5, 5.41) is 1.54. The predicted octanol–water partition coefficient (Wildman–Crippen LogP) is 9.60. The van der Waals surface area contributed by atoms with Crippen LogP contribution in [0.5, 0.6) is 0 Å². The van der Waals surface area contributed by atoms with Crippen LogP contribution < -0.4 is 5.19 Å². The molecule has 3 aromatic carbocycles. The normalized spacial score (nSPS) is 13.9. The molecule has 0 bridgehead atoms. The Morgan fingerprint density at radius 3 is 1.83 bits per heavy atom. The van der Waals surface area contributed by atoms with E-state index in [0.717, 1.165) is 34.0 Å². The molecule has 2 nitrogen and oxygen atoms in total. The van der Waals surface area contributed by atoms with E-state index in [-0.39, 0.29) is 20.1 Å². The molecule has 1 aliphatic rings. The molecule has 42 heavy (non-hydrogen) atoms. The number of benzene rings is 3. The summed E-state index contributed by atoms with van der Waals surface area (Å²) in [5.41, 5.74) is 8.04. The molecular formula is C38H40IrN2Si-2. The zero-order valence-electron chi connectivity index (χ0n) is 25.1. The molecule has 1 aliphatic carbocycles. The number of aromatic nitrogens is 2. The van der Waals surface area contributed by atoms with E-state index in [4.69, 9.17) is 4.98 Å². The molecule has 2 heterocycles. The average Bonchev–Trinajstić information content (AvgIpc) is 3.57. The standard InChI is InChI=1S/C21H28NSi.C17H12N.Ir/c1-16(17-10-8-9-11-17)19-14-20(18-12-6-5-7-13-18)22-15-21(19)23(2,3)4;1-3-7-14(8-4-1)16-11-12-17(18-13-16)15-9-5-2-6-10-15;/h5-7,12,14-17H,8-11H2,1-4H3;1-9,11-13H;/q2*-1;. The third kappa shape index (κ3) is 8.01. The van der Waals surface area contributed by atoms with Crippen molar-refractivity contribution in [2.75, 3.05) is 0 Å². The second-order valence-electron chi connectivity index (χ2n) is 12.1. The molecule has 1 saturated carbocycles. The van der Waals surface area contributed by atoms with E-state index in [1.807, 2.05) is 66.9 Å². The number of hydrogen-bond acceptors (Lipinski definition) is 2. The summed E-state index contributed by atoms with van der Waals surface area (Å²) in [6.07, 6.45) is 9.67. The fourth-order valence-electron chi connectivity index (χ4n) is 5.79. The summed E-state index contributed by atoms with van der Waals surface area (Å²) < 4.78 is 0. The molecule has 217 valence electrons. The minimum absolute atomic E-state index is 0. The van der Waals surface area contributed by atoms with Crippen molar-refractivity contribution in [1.82, 2.24) is 9.97 Å². The van der Waals surface area contributed by atoms with Crippen molar-refractivity contribution in [2.45, 2.75) is 58.2 Å². The van der Waals surface area contributed by atoms with Crippen molar-refractivity contribution in [3.8, 4) is 33.6 Å². The van der Waals surface area contributed by atoms with Gasteiger partial charge < -0.3 is 9.97 Å². The first-order valence-electron chi connectivity index (χ1n) is 14.9. The molecule has 0 spiro atoms. The first-order valence-corrected chi connectivity index (χ1v) is 18.4. The van der Waals surface area contributed by atoms with Crippen LogP contribution >= 0.6 is 0 Å². The van der Waals surface area contributed by atoms with Gasteiger partial charge in [0.2, 0.25) is 0 Å². The van der Waals surface area contributed by atoms with Crippen LogP contribution in [0.15, 0.2) is 109 Å². The Morgan fingerprint density at radius 2 is 1.29 bits per heavy atom. The van der Waals surface area contributed by atoms with Gasteiger partial charge in [0.05, 0.1) is 8.07 Å². The molecule has 0 aliphatic heterocycles. The number of rotatable bonds is 6. The van der Waals surface area contributed by atoms with E-state index in [0.29, 0.717) is 5.92 Å². The fraction of sp³-hybridized carbons (Fsp3) is 0.263. The van der Waals surface area contributed by atoms with Crippen molar-refractivity contribution in [2.24, 2.45) is 5.92 Å². The minimum Gasteiger partial charge on any atom is -0.305 e. The Bertz CT molecular complexity index is 1450. The van der Waals surface area contributed by atoms with E-state index < -0.39 is 8.07 Å². The third-order valence-corrected chi connectivity index (χ3v) is 10.2. The second kappa shape index (κ2) is 14.8. The monoisotopic (exact) mass is 745 g/mol. The van der Waals surface area contributed by atoms with E-state index in [2.05, 4.69) is 86.3 Å². The molecular weight excluding hydrogens is 705 g/mol. The van der Waals surface area contributed by atoms with Crippen molar-refractivity contribution in [3.63, 3.8) is 0 Å². The molecule has 2 aromatic heterocycles. The van der Waals surface area contributed by atoms with Gasteiger partial charge in [-0.05, 0) is 52.4 Å². The van der Waals surface area contributed by atoms with E-state index in [1.54, 1.807) is 5.56 Å². The molecule has 1 fully saturated rings. The Morgan fingerprint density at radius 1 is 0.690 bits per heavy atom. The number of pyridine rings is 2. The average molecular weight is 745 g/mol. The zero-order valence-corrected chi connectivity index (χ0v) is 28.5. The molecule has 1 atom stereocenters. The minimum atomic E-state index is -1.39. The molecule has 1 radical (unpaired) electrons. The van der Waals surface area contributed by atoms with Gasteiger partial charge in [-0.1, -0.05) is 93.5 Å². The first kappa shape index (κ1) is 31.8. The van der Waals surface area contributed by atoms with Gasteiger partial charge in [0.15, 0.2) is 0 Å². The van der Waals surface area contributed by atoms with Gasteiger partial charge in [-0.2, -0.15) is 0 Å². The Labute approximate surface area is 267 Å². The Hall–Kier alpha value is -3.17. The number of nitrogens with zero attached hydrogens (tertiary/aromatic N) is 2. The van der Waals surface area contributed by atoms with Crippen LogP contribution in [-0.4, -0.2) is 18.0 Å². The molecule has 0 saturated heterocycles. The fourth-order valence-corrected chi connectivity index (χ4v) is 7.41. The predicted molar refractivity (Wildman–Crippen MR) is 176 cm³/mol. The quantitative estimate of drug-likeness (QED) is 0.128. The maximum atomic E-state index is 4.79. The van der Waals surface area contributed by atoms with Crippen LogP contribution in [0.4, 0.5) is 0 Å². The van der Waals surface area contributed by atoms with Crippen molar-refractivity contribution in [3.05, 3.63) is 127 Å². The number of hydrogen-bond donors (Lipinski definition) is 0. The van der Waals surface area contributed by atoms with Crippen molar-refractivity contribution < 1.29 is 20.1 Å². The Balaban J connectivity index is 0.000000193. The van der Waals surface area contributed by atoms with E-state index in [9.17, 15) is 0 Å². The van der Waals surface area contributed by atoms with Gasteiger partial charge in [0, 0.05) is 32.5 Å². The third-order valence-electron chi connectivity index (χ3n) is 8.18. The molecule has 1 unspecified atom stereocenters. The van der Waals surface area contributed by atoms with Crippen molar-refractivity contribution >= 4 is 13.3 Å². The van der Waals surface area contributed by atoms with Gasteiger partial charge in [-0.3, -0.25) is 0 Å². The van der Waals surface area contributed by atoms with Gasteiger partial charge in [-0.25, -0.2) is 0 Å². The van der Waals surface area contributed by atoms with Crippen molar-refractivity contribution in [1.29, 1.82) is 0 Å². The van der Waals surface area contributed by atoms with Gasteiger partial charge in [0.25, 0.3) is 0 Å². The van der Waals surface area contributed by atoms with Gasteiger partial charge in [-0.15, -0.1) is 71.8 Å². The van der Waals surface area contributed by atoms with E-state index >= 15 is 0 Å². The SMILES string of the molecule is CC(c1cc(-c2[c-]cccc2)ncc1[Si](C)(C)C)C1CCCC1.[Ir].[c-]1ccccc1-c1ccc(-c2ccccc2)cn1. The summed E-state index contributed by atoms with van der Waals surface area (Å²) >= 11 is 0. The summed E-state index contributed by atoms with van der Waals surface area (Å²) in [6, 6.07) is 39.3. The second-order valence-corrected chi connectivity index (χ2v) is 17.1. The molecule has 6 rings (SSSR count). The van der Waals surface area contributed by atoms with Crippen LogP contribution in [0.2, 0.25) is 19.6 Å². The maximum Gasteiger partial charge on any atom is 0.0799 e. The smallest absolute Gasteiger partial charge is 0.0799 e. The molecule has 4 heteroatoms. The first-order chi connectivity index (χ1) is 19.9. The van der Waals surface area contributed by atoms with Crippen LogP contribution in [0, 0.1) is 18.1 Å². The van der Waals surface area contributed by atoms with Crippen LogP contribution in [0.25, 0.3) is 33.6 Å². The maximum absolute atomic E-state index is 4.79. The van der Waals surface area contributed by atoms with Crippen LogP contribution in [-0.2, 0) is 20.1 Å². The summed E-state index contributed by atoms with van der Waals surface area (Å²) in [7, 11) is -1.39. The molecule has 5 aromatic rings. The molecule has 0 N–H and O–H groups in total. The largest absolute Gasteiger partial charge is 0.305 e. The van der Waals surface area contributed by atoms with E-state index in [1.165, 1.54) is 36.4 Å². The van der Waals surface area contributed by atoms with Crippen LogP contribution in [0.3, 0.4) is 0 Å².